The van der Waals surface area contributed by atoms with Crippen LogP contribution in [0.2, 0.25) is 5.02 Å². The van der Waals surface area contributed by atoms with Crippen molar-refractivity contribution in [3.8, 4) is 5.75 Å². The van der Waals surface area contributed by atoms with Crippen molar-refractivity contribution in [1.82, 2.24) is 5.01 Å². The number of halogens is 4. The standard InChI is InChI=1S/C24H16ClF3N2O2S/c1-2-11-32-20-6-4-3-5-17(20)24-30(23(31)21-18(27)12-16(26)13-19(21)28)29-22(33-24)14-7-9-15(25)10-8-14/h2-10,12-13,24H,1,11H2. The van der Waals surface area contributed by atoms with Crippen molar-refractivity contribution >= 4 is 34.3 Å². The van der Waals surface area contributed by atoms with Gasteiger partial charge in [-0.25, -0.2) is 18.2 Å². The molecule has 0 radical (unpaired) electrons. The number of carbonyl (C=O) groups excluding carboxylic acids is 1. The molecule has 0 saturated heterocycles. The number of hydrogen-bond acceptors (Lipinski definition) is 4. The number of benzene rings is 3. The number of carbonyl (C=O) groups is 1. The lowest BCUT2D eigenvalue weighted by Crippen LogP contribution is -2.28. The van der Waals surface area contributed by atoms with Crippen molar-refractivity contribution in [2.45, 2.75) is 5.37 Å². The highest BCUT2D eigenvalue weighted by atomic mass is 35.5. The number of ether oxygens (including phenoxy) is 1. The Morgan fingerprint density at radius 1 is 1.12 bits per heavy atom. The summed E-state index contributed by atoms with van der Waals surface area (Å²) in [6.45, 7) is 3.85. The molecule has 4 rings (SSSR count). The molecule has 168 valence electrons. The third kappa shape index (κ3) is 4.77. The number of hydrogen-bond donors (Lipinski definition) is 0. The van der Waals surface area contributed by atoms with Crippen LogP contribution in [0.15, 0.2) is 78.4 Å². The second-order valence-electron chi connectivity index (χ2n) is 6.91. The van der Waals surface area contributed by atoms with Crippen LogP contribution in [0.4, 0.5) is 13.2 Å². The van der Waals surface area contributed by atoms with Crippen molar-refractivity contribution in [3.05, 3.63) is 112 Å². The van der Waals surface area contributed by atoms with Crippen LogP contribution < -0.4 is 4.74 Å². The van der Waals surface area contributed by atoms with E-state index < -0.39 is 34.3 Å². The fourth-order valence-electron chi connectivity index (χ4n) is 3.22. The number of nitrogens with zero attached hydrogens (tertiary/aromatic N) is 2. The van der Waals surface area contributed by atoms with Gasteiger partial charge in [0, 0.05) is 28.3 Å². The van der Waals surface area contributed by atoms with Gasteiger partial charge in [0.15, 0.2) is 0 Å². The second-order valence-corrected chi connectivity index (χ2v) is 8.42. The number of thioether (sulfide) groups is 1. The number of rotatable bonds is 6. The minimum absolute atomic E-state index is 0.217. The highest BCUT2D eigenvalue weighted by Gasteiger charge is 2.38. The van der Waals surface area contributed by atoms with E-state index >= 15 is 0 Å². The van der Waals surface area contributed by atoms with Crippen LogP contribution in [0.5, 0.6) is 5.75 Å². The maximum absolute atomic E-state index is 14.4. The van der Waals surface area contributed by atoms with Crippen molar-refractivity contribution in [3.63, 3.8) is 0 Å². The van der Waals surface area contributed by atoms with Crippen molar-refractivity contribution in [2.24, 2.45) is 5.10 Å². The number of amides is 1. The highest BCUT2D eigenvalue weighted by Crippen LogP contribution is 2.45. The van der Waals surface area contributed by atoms with E-state index in [2.05, 4.69) is 11.7 Å². The van der Waals surface area contributed by atoms with Crippen LogP contribution in [0, 0.1) is 17.5 Å². The van der Waals surface area contributed by atoms with Crippen LogP contribution in [0.1, 0.15) is 26.9 Å². The molecule has 0 fully saturated rings. The summed E-state index contributed by atoms with van der Waals surface area (Å²) in [4.78, 5) is 13.3. The molecule has 0 aliphatic carbocycles. The lowest BCUT2D eigenvalue weighted by Gasteiger charge is -2.23. The fourth-order valence-corrected chi connectivity index (χ4v) is 4.53. The fraction of sp³-hybridized carbons (Fsp3) is 0.0833. The topological polar surface area (TPSA) is 41.9 Å². The second kappa shape index (κ2) is 9.72. The summed E-state index contributed by atoms with van der Waals surface area (Å²) in [6.07, 6.45) is 1.57. The first-order valence-electron chi connectivity index (χ1n) is 9.71. The molecule has 0 N–H and O–H groups in total. The number of hydrazone groups is 1. The molecule has 1 unspecified atom stereocenters. The molecule has 0 bridgehead atoms. The van der Waals surface area contributed by atoms with Crippen LogP contribution >= 0.6 is 23.4 Å². The molecule has 1 heterocycles. The van der Waals surface area contributed by atoms with Crippen molar-refractivity contribution in [2.75, 3.05) is 6.61 Å². The Labute approximate surface area is 197 Å². The molecule has 1 atom stereocenters. The molecule has 0 saturated carbocycles. The van der Waals surface area contributed by atoms with Gasteiger partial charge in [0.25, 0.3) is 5.91 Å². The molecule has 0 aromatic heterocycles. The molecule has 4 nitrogen and oxygen atoms in total. The molecule has 33 heavy (non-hydrogen) atoms. The summed E-state index contributed by atoms with van der Waals surface area (Å²) < 4.78 is 48.0. The molecule has 9 heteroatoms. The molecule has 3 aromatic carbocycles. The summed E-state index contributed by atoms with van der Waals surface area (Å²) in [7, 11) is 0. The zero-order valence-electron chi connectivity index (χ0n) is 17.0. The lowest BCUT2D eigenvalue weighted by atomic mass is 10.1. The smallest absolute Gasteiger partial charge is 0.281 e. The zero-order chi connectivity index (χ0) is 23.5. The van der Waals surface area contributed by atoms with Crippen molar-refractivity contribution < 1.29 is 22.7 Å². The quantitative estimate of drug-likeness (QED) is 0.368. The average molecular weight is 489 g/mol. The van der Waals surface area contributed by atoms with Gasteiger partial charge in [-0.05, 0) is 18.2 Å². The van der Waals surface area contributed by atoms with Crippen LogP contribution in [-0.2, 0) is 0 Å². The predicted octanol–water partition coefficient (Wildman–Crippen LogP) is 6.57. The molecule has 0 spiro atoms. The van der Waals surface area contributed by atoms with E-state index in [1.165, 1.54) is 11.8 Å². The maximum Gasteiger partial charge on any atom is 0.281 e. The summed E-state index contributed by atoms with van der Waals surface area (Å²) in [5.74, 6) is -4.34. The Morgan fingerprint density at radius 3 is 2.45 bits per heavy atom. The molecule has 1 amide bonds. The van der Waals surface area contributed by atoms with Crippen LogP contribution in [0.25, 0.3) is 0 Å². The molecular weight excluding hydrogens is 473 g/mol. The minimum atomic E-state index is -1.31. The monoisotopic (exact) mass is 488 g/mol. The Bertz CT molecular complexity index is 1230. The Hall–Kier alpha value is -3.23. The molecular formula is C24H16ClF3N2O2S. The van der Waals surface area contributed by atoms with E-state index in [0.717, 1.165) is 5.01 Å². The Balaban J connectivity index is 1.80. The summed E-state index contributed by atoms with van der Waals surface area (Å²) in [5.41, 5.74) is 0.329. The SMILES string of the molecule is C=CCOc1ccccc1C1SC(c2ccc(Cl)cc2)=NN1C(=O)c1c(F)cc(F)cc1F. The predicted molar refractivity (Wildman–Crippen MR) is 123 cm³/mol. The van der Waals surface area contributed by atoms with Gasteiger partial charge >= 0.3 is 0 Å². The van der Waals surface area contributed by atoms with Crippen LogP contribution in [-0.4, -0.2) is 22.6 Å². The third-order valence-corrected chi connectivity index (χ3v) is 6.18. The maximum atomic E-state index is 14.4. The van der Waals surface area contributed by atoms with E-state index in [1.807, 2.05) is 0 Å². The summed E-state index contributed by atoms with van der Waals surface area (Å²) in [6, 6.07) is 14.6. The van der Waals surface area contributed by atoms with Gasteiger partial charge in [-0.2, -0.15) is 5.10 Å². The van der Waals surface area contributed by atoms with E-state index in [-0.39, 0.29) is 6.61 Å². The first kappa shape index (κ1) is 22.9. The summed E-state index contributed by atoms with van der Waals surface area (Å²) >= 11 is 7.17. The molecule has 3 aromatic rings. The largest absolute Gasteiger partial charge is 0.489 e. The van der Waals surface area contributed by atoms with Gasteiger partial charge in [0.2, 0.25) is 0 Å². The zero-order valence-corrected chi connectivity index (χ0v) is 18.5. The average Bonchev–Trinajstić information content (AvgIpc) is 3.23. The van der Waals surface area contributed by atoms with Crippen molar-refractivity contribution in [1.29, 1.82) is 0 Å². The van der Waals surface area contributed by atoms with Gasteiger partial charge in [-0.3, -0.25) is 4.79 Å². The van der Waals surface area contributed by atoms with Crippen LogP contribution in [0.3, 0.4) is 0 Å². The van der Waals surface area contributed by atoms with Gasteiger partial charge < -0.3 is 4.74 Å². The first-order valence-corrected chi connectivity index (χ1v) is 11.0. The lowest BCUT2D eigenvalue weighted by molar-refractivity contribution is 0.0737. The van der Waals surface area contributed by atoms with Gasteiger partial charge in [0.1, 0.15) is 45.8 Å². The van der Waals surface area contributed by atoms with E-state index in [0.29, 0.717) is 39.1 Å². The normalized spacial score (nSPS) is 15.3. The van der Waals surface area contributed by atoms with Gasteiger partial charge in [-0.1, -0.05) is 66.3 Å². The number of para-hydroxylation sites is 1. The third-order valence-electron chi connectivity index (χ3n) is 4.71. The van der Waals surface area contributed by atoms with E-state index in [9.17, 15) is 18.0 Å². The Morgan fingerprint density at radius 2 is 1.79 bits per heavy atom. The summed E-state index contributed by atoms with van der Waals surface area (Å²) in [5, 5.41) is 5.50. The van der Waals surface area contributed by atoms with E-state index in [1.54, 1.807) is 54.6 Å². The Kier molecular flexibility index (Phi) is 6.76. The molecule has 1 aliphatic heterocycles. The van der Waals surface area contributed by atoms with E-state index in [4.69, 9.17) is 16.3 Å². The first-order chi connectivity index (χ1) is 15.9. The van der Waals surface area contributed by atoms with Gasteiger partial charge in [-0.15, -0.1) is 0 Å². The van der Waals surface area contributed by atoms with Gasteiger partial charge in [0.05, 0.1) is 0 Å². The molecule has 1 aliphatic rings. The minimum Gasteiger partial charge on any atom is -0.489 e. The highest BCUT2D eigenvalue weighted by molar-refractivity contribution is 8.14.